The van der Waals surface area contributed by atoms with E-state index in [-0.39, 0.29) is 15.5 Å². The highest BCUT2D eigenvalue weighted by Gasteiger charge is 2.20. The van der Waals surface area contributed by atoms with Crippen LogP contribution >= 0.6 is 23.2 Å². The number of ether oxygens (including phenoxy) is 1. The van der Waals surface area contributed by atoms with Gasteiger partial charge < -0.3 is 10.1 Å². The van der Waals surface area contributed by atoms with Crippen LogP contribution in [0.5, 0.6) is 0 Å². The molecular formula is C16H14Cl2N2O5S. The molecule has 1 amide bonds. The lowest BCUT2D eigenvalue weighted by Crippen LogP contribution is -2.30. The van der Waals surface area contributed by atoms with E-state index in [0.717, 1.165) is 0 Å². The number of benzene rings is 2. The molecule has 138 valence electrons. The number of carbonyl (C=O) groups is 2. The van der Waals surface area contributed by atoms with Gasteiger partial charge >= 0.3 is 5.97 Å². The van der Waals surface area contributed by atoms with Crippen LogP contribution in [0.1, 0.15) is 17.3 Å². The Morgan fingerprint density at radius 3 is 2.27 bits per heavy atom. The van der Waals surface area contributed by atoms with Gasteiger partial charge in [-0.3, -0.25) is 4.79 Å². The molecule has 0 unspecified atom stereocenters. The number of sulfonamides is 1. The zero-order chi connectivity index (χ0) is 19.5. The van der Waals surface area contributed by atoms with Gasteiger partial charge in [0.25, 0.3) is 5.91 Å². The highest BCUT2D eigenvalue weighted by molar-refractivity contribution is 7.89. The Morgan fingerprint density at radius 1 is 1.12 bits per heavy atom. The monoisotopic (exact) mass is 416 g/mol. The van der Waals surface area contributed by atoms with Crippen LogP contribution < -0.4 is 10.5 Å². The molecular weight excluding hydrogens is 403 g/mol. The van der Waals surface area contributed by atoms with Gasteiger partial charge in [0.15, 0.2) is 6.10 Å². The third-order valence-corrected chi connectivity index (χ3v) is 4.74. The van der Waals surface area contributed by atoms with Crippen molar-refractivity contribution in [1.29, 1.82) is 0 Å². The Balaban J connectivity index is 2.02. The lowest BCUT2D eigenvalue weighted by atomic mass is 10.2. The quantitative estimate of drug-likeness (QED) is 0.726. The number of hydrogen-bond donors (Lipinski definition) is 2. The van der Waals surface area contributed by atoms with Gasteiger partial charge in [-0.15, -0.1) is 0 Å². The number of esters is 1. The number of nitrogens with two attached hydrogens (primary N) is 1. The van der Waals surface area contributed by atoms with E-state index in [9.17, 15) is 18.0 Å². The second-order valence-electron chi connectivity index (χ2n) is 5.23. The van der Waals surface area contributed by atoms with Crippen LogP contribution in [0.2, 0.25) is 10.0 Å². The topological polar surface area (TPSA) is 116 Å². The molecule has 0 saturated carbocycles. The van der Waals surface area contributed by atoms with Crippen LogP contribution in [0.3, 0.4) is 0 Å². The predicted octanol–water partition coefficient (Wildman–Crippen LogP) is 2.82. The first kappa shape index (κ1) is 20.2. The summed E-state index contributed by atoms with van der Waals surface area (Å²) in [4.78, 5) is 24.0. The lowest BCUT2D eigenvalue weighted by molar-refractivity contribution is -0.123. The standard InChI is InChI=1S/C16H14Cl2N2O5S/c1-9(15(21)20-14-7-4-11(17)8-13(14)18)25-16(22)10-2-5-12(6-3-10)26(19,23)24/h2-9H,1H3,(H,20,21)(H2,19,23,24)/t9-/m1/s1. The molecule has 10 heteroatoms. The number of hydrogen-bond acceptors (Lipinski definition) is 5. The van der Waals surface area contributed by atoms with Gasteiger partial charge in [0, 0.05) is 5.02 Å². The second kappa shape index (κ2) is 8.05. The third-order valence-electron chi connectivity index (χ3n) is 3.26. The smallest absolute Gasteiger partial charge is 0.338 e. The van der Waals surface area contributed by atoms with Crippen LogP contribution in [-0.2, 0) is 19.6 Å². The van der Waals surface area contributed by atoms with Crippen molar-refractivity contribution in [3.05, 3.63) is 58.1 Å². The Labute approximate surface area is 160 Å². The van der Waals surface area contributed by atoms with E-state index in [1.54, 1.807) is 6.07 Å². The van der Waals surface area contributed by atoms with Crippen molar-refractivity contribution < 1.29 is 22.7 Å². The molecule has 0 bridgehead atoms. The summed E-state index contributed by atoms with van der Waals surface area (Å²) in [5.74, 6) is -1.39. The minimum atomic E-state index is -3.86. The Hall–Kier alpha value is -2.13. The molecule has 0 aliphatic heterocycles. The largest absolute Gasteiger partial charge is 0.449 e. The van der Waals surface area contributed by atoms with Gasteiger partial charge in [-0.1, -0.05) is 23.2 Å². The molecule has 3 N–H and O–H groups in total. The summed E-state index contributed by atoms with van der Waals surface area (Å²) in [5, 5.41) is 8.15. The molecule has 0 aliphatic carbocycles. The lowest BCUT2D eigenvalue weighted by Gasteiger charge is -2.14. The molecule has 0 aromatic heterocycles. The first-order chi connectivity index (χ1) is 12.1. The van der Waals surface area contributed by atoms with Crippen LogP contribution in [0.25, 0.3) is 0 Å². The molecule has 1 atom stereocenters. The summed E-state index contributed by atoms with van der Waals surface area (Å²) in [6.07, 6.45) is -1.12. The molecule has 0 heterocycles. The summed E-state index contributed by atoms with van der Waals surface area (Å²) >= 11 is 11.7. The molecule has 0 saturated heterocycles. The molecule has 2 rings (SSSR count). The van der Waals surface area contributed by atoms with Crippen molar-refractivity contribution in [2.75, 3.05) is 5.32 Å². The highest BCUT2D eigenvalue weighted by atomic mass is 35.5. The van der Waals surface area contributed by atoms with Gasteiger partial charge in [0.1, 0.15) is 0 Å². The summed E-state index contributed by atoms with van der Waals surface area (Å²) in [7, 11) is -3.86. The van der Waals surface area contributed by atoms with Crippen molar-refractivity contribution >= 4 is 50.8 Å². The zero-order valence-corrected chi connectivity index (χ0v) is 15.7. The molecule has 0 radical (unpaired) electrons. The Morgan fingerprint density at radius 2 is 1.73 bits per heavy atom. The number of primary sulfonamides is 1. The summed E-state index contributed by atoms with van der Waals surface area (Å²) in [5.41, 5.74) is 0.392. The van der Waals surface area contributed by atoms with E-state index in [4.69, 9.17) is 33.1 Å². The first-order valence-electron chi connectivity index (χ1n) is 7.17. The fraction of sp³-hybridized carbons (Fsp3) is 0.125. The number of rotatable bonds is 5. The van der Waals surface area contributed by atoms with Crippen LogP contribution in [-0.4, -0.2) is 26.4 Å². The normalized spacial score (nSPS) is 12.3. The fourth-order valence-corrected chi connectivity index (χ4v) is 2.86. The van der Waals surface area contributed by atoms with E-state index >= 15 is 0 Å². The van der Waals surface area contributed by atoms with Crippen molar-refractivity contribution in [3.63, 3.8) is 0 Å². The maximum Gasteiger partial charge on any atom is 0.338 e. The third kappa shape index (κ3) is 5.18. The number of carbonyl (C=O) groups excluding carboxylic acids is 2. The van der Waals surface area contributed by atoms with Crippen LogP contribution in [0.4, 0.5) is 5.69 Å². The maximum atomic E-state index is 12.1. The van der Waals surface area contributed by atoms with Crippen LogP contribution in [0.15, 0.2) is 47.4 Å². The summed E-state index contributed by atoms with van der Waals surface area (Å²) < 4.78 is 27.4. The zero-order valence-electron chi connectivity index (χ0n) is 13.4. The van der Waals surface area contributed by atoms with Crippen molar-refractivity contribution in [1.82, 2.24) is 0 Å². The van der Waals surface area contributed by atoms with Crippen molar-refractivity contribution in [2.24, 2.45) is 5.14 Å². The summed E-state index contributed by atoms with van der Waals surface area (Å²) in [6, 6.07) is 9.35. The average molecular weight is 417 g/mol. The molecule has 0 aliphatic rings. The fourth-order valence-electron chi connectivity index (χ4n) is 1.89. The Bertz CT molecular complexity index is 946. The molecule has 7 nitrogen and oxygen atoms in total. The van der Waals surface area contributed by atoms with Gasteiger partial charge in [-0.2, -0.15) is 0 Å². The van der Waals surface area contributed by atoms with Gasteiger partial charge in [0.2, 0.25) is 10.0 Å². The molecule has 0 fully saturated rings. The average Bonchev–Trinajstić information content (AvgIpc) is 2.56. The van der Waals surface area contributed by atoms with Gasteiger partial charge in [0.05, 0.1) is 21.2 Å². The minimum Gasteiger partial charge on any atom is -0.449 e. The van der Waals surface area contributed by atoms with Crippen molar-refractivity contribution in [3.8, 4) is 0 Å². The first-order valence-corrected chi connectivity index (χ1v) is 9.48. The maximum absolute atomic E-state index is 12.1. The minimum absolute atomic E-state index is 0.0709. The van der Waals surface area contributed by atoms with Gasteiger partial charge in [-0.05, 0) is 49.4 Å². The number of amides is 1. The highest BCUT2D eigenvalue weighted by Crippen LogP contribution is 2.25. The van der Waals surface area contributed by atoms with Crippen LogP contribution in [0, 0.1) is 0 Å². The van der Waals surface area contributed by atoms with E-state index in [1.807, 2.05) is 0 Å². The van der Waals surface area contributed by atoms with Gasteiger partial charge in [-0.25, -0.2) is 18.4 Å². The van der Waals surface area contributed by atoms with E-state index in [1.165, 1.54) is 43.3 Å². The Kier molecular flexibility index (Phi) is 6.25. The molecule has 2 aromatic rings. The van der Waals surface area contributed by atoms with E-state index in [0.29, 0.717) is 10.7 Å². The van der Waals surface area contributed by atoms with Crippen molar-refractivity contribution in [2.45, 2.75) is 17.9 Å². The summed E-state index contributed by atoms with van der Waals surface area (Å²) in [6.45, 7) is 1.38. The predicted molar refractivity (Wildman–Crippen MR) is 97.8 cm³/mol. The molecule has 2 aromatic carbocycles. The molecule has 26 heavy (non-hydrogen) atoms. The van der Waals surface area contributed by atoms with E-state index in [2.05, 4.69) is 5.32 Å². The second-order valence-corrected chi connectivity index (χ2v) is 7.64. The SMILES string of the molecule is C[C@@H](OC(=O)c1ccc(S(N)(=O)=O)cc1)C(=O)Nc1ccc(Cl)cc1Cl. The number of anilines is 1. The number of nitrogens with one attached hydrogen (secondary N) is 1. The number of halogens is 2. The van der Waals surface area contributed by atoms with E-state index < -0.39 is 28.0 Å². The molecule has 0 spiro atoms.